The molecule has 90 valence electrons. The van der Waals surface area contributed by atoms with E-state index < -0.39 is 23.0 Å². The average molecular weight is 235 g/mol. The van der Waals surface area contributed by atoms with Crippen molar-refractivity contribution in [1.29, 1.82) is 0 Å². The van der Waals surface area contributed by atoms with Crippen molar-refractivity contribution in [1.82, 2.24) is 0 Å². The predicted molar refractivity (Wildman–Crippen MR) is 54.5 cm³/mol. The maximum absolute atomic E-state index is 13.7. The van der Waals surface area contributed by atoms with Gasteiger partial charge in [-0.3, -0.25) is 0 Å². The Morgan fingerprint density at radius 2 is 1.44 bits per heavy atom. The Labute approximate surface area is 91.3 Å². The number of benzene rings is 1. The van der Waals surface area contributed by atoms with Crippen LogP contribution in [-0.4, -0.2) is 0 Å². The Hall–Kier alpha value is -1.26. The van der Waals surface area contributed by atoms with Crippen LogP contribution in [0.3, 0.4) is 0 Å². The van der Waals surface area contributed by atoms with Gasteiger partial charge in [0.25, 0.3) is 0 Å². The summed E-state index contributed by atoms with van der Waals surface area (Å²) in [6.45, 7) is 4.89. The molecule has 0 aliphatic heterocycles. The first-order chi connectivity index (χ1) is 7.03. The lowest BCUT2D eigenvalue weighted by molar-refractivity contribution is -0.140. The molecule has 1 rings (SSSR count). The molecule has 0 bridgehead atoms. The average Bonchev–Trinajstić information content (AvgIpc) is 2.04. The normalized spacial score (nSPS) is 12.9. The van der Waals surface area contributed by atoms with Crippen molar-refractivity contribution in [3.05, 3.63) is 29.1 Å². The zero-order valence-corrected chi connectivity index (χ0v) is 9.24. The maximum atomic E-state index is 13.7. The SMILES string of the molecule is CC(C)(C)c1cc(N)cc(C(F)(F)F)c1F. The van der Waals surface area contributed by atoms with E-state index in [1.807, 2.05) is 0 Å². The highest BCUT2D eigenvalue weighted by Gasteiger charge is 2.37. The molecule has 0 spiro atoms. The van der Waals surface area contributed by atoms with E-state index in [-0.39, 0.29) is 11.3 Å². The lowest BCUT2D eigenvalue weighted by Crippen LogP contribution is -2.18. The van der Waals surface area contributed by atoms with Crippen molar-refractivity contribution in [3.63, 3.8) is 0 Å². The van der Waals surface area contributed by atoms with Crippen LogP contribution >= 0.6 is 0 Å². The van der Waals surface area contributed by atoms with Gasteiger partial charge in [0.2, 0.25) is 0 Å². The molecule has 2 N–H and O–H groups in total. The summed E-state index contributed by atoms with van der Waals surface area (Å²) < 4.78 is 51.2. The highest BCUT2D eigenvalue weighted by molar-refractivity contribution is 5.48. The van der Waals surface area contributed by atoms with Gasteiger partial charge in [-0.25, -0.2) is 4.39 Å². The van der Waals surface area contributed by atoms with Gasteiger partial charge < -0.3 is 5.73 Å². The van der Waals surface area contributed by atoms with Crippen molar-refractivity contribution in [2.45, 2.75) is 32.4 Å². The van der Waals surface area contributed by atoms with E-state index in [0.717, 1.165) is 0 Å². The summed E-state index contributed by atoms with van der Waals surface area (Å²) in [6.07, 6.45) is -4.72. The molecule has 0 aromatic heterocycles. The van der Waals surface area contributed by atoms with E-state index in [1.165, 1.54) is 6.07 Å². The topological polar surface area (TPSA) is 26.0 Å². The van der Waals surface area contributed by atoms with Gasteiger partial charge in [-0.15, -0.1) is 0 Å². The first-order valence-corrected chi connectivity index (χ1v) is 4.70. The second-order valence-electron chi connectivity index (χ2n) is 4.68. The van der Waals surface area contributed by atoms with Gasteiger partial charge in [0.1, 0.15) is 5.82 Å². The summed E-state index contributed by atoms with van der Waals surface area (Å²) in [5.41, 5.74) is 3.21. The zero-order valence-electron chi connectivity index (χ0n) is 9.24. The van der Waals surface area contributed by atoms with Crippen molar-refractivity contribution >= 4 is 5.69 Å². The molecule has 0 atom stereocenters. The van der Waals surface area contributed by atoms with Crippen LogP contribution in [0.4, 0.5) is 23.2 Å². The van der Waals surface area contributed by atoms with Crippen molar-refractivity contribution in [2.24, 2.45) is 0 Å². The lowest BCUT2D eigenvalue weighted by Gasteiger charge is -2.22. The molecular weight excluding hydrogens is 222 g/mol. The molecule has 0 aliphatic carbocycles. The Morgan fingerprint density at radius 1 is 1.00 bits per heavy atom. The number of nitrogens with two attached hydrogens (primary N) is 1. The molecular formula is C11H13F4N. The number of nitrogen functional groups attached to an aromatic ring is 1. The minimum atomic E-state index is -4.72. The minimum absolute atomic E-state index is 0.0279. The Bertz CT molecular complexity index is 366. The number of alkyl halides is 3. The zero-order chi connectivity index (χ0) is 12.7. The third-order valence-corrected chi connectivity index (χ3v) is 2.21. The van der Waals surface area contributed by atoms with Crippen molar-refractivity contribution in [3.8, 4) is 0 Å². The molecule has 0 fully saturated rings. The number of halogens is 4. The van der Waals surface area contributed by atoms with Crippen LogP contribution in [0.25, 0.3) is 0 Å². The summed E-state index contributed by atoms with van der Waals surface area (Å²) in [7, 11) is 0. The van der Waals surface area contributed by atoms with Crippen LogP contribution in [0.5, 0.6) is 0 Å². The second kappa shape index (κ2) is 3.64. The van der Waals surface area contributed by atoms with E-state index in [2.05, 4.69) is 0 Å². The van der Waals surface area contributed by atoms with Gasteiger partial charge in [0, 0.05) is 5.69 Å². The molecule has 1 nitrogen and oxygen atoms in total. The first kappa shape index (κ1) is 12.8. The fraction of sp³-hybridized carbons (Fsp3) is 0.455. The fourth-order valence-corrected chi connectivity index (χ4v) is 1.40. The summed E-state index contributed by atoms with van der Waals surface area (Å²) >= 11 is 0. The van der Waals surface area contributed by atoms with Gasteiger partial charge >= 0.3 is 6.18 Å². The molecule has 0 radical (unpaired) electrons. The number of hydrogen-bond donors (Lipinski definition) is 1. The van der Waals surface area contributed by atoms with E-state index in [0.29, 0.717) is 6.07 Å². The molecule has 0 saturated heterocycles. The number of rotatable bonds is 0. The summed E-state index contributed by atoms with van der Waals surface area (Å²) in [5.74, 6) is -1.24. The monoisotopic (exact) mass is 235 g/mol. The quantitative estimate of drug-likeness (QED) is 0.538. The van der Waals surface area contributed by atoms with Gasteiger partial charge in [-0.1, -0.05) is 20.8 Å². The lowest BCUT2D eigenvalue weighted by atomic mass is 9.85. The van der Waals surface area contributed by atoms with Gasteiger partial charge in [-0.05, 0) is 23.1 Å². The molecule has 1 aromatic rings. The maximum Gasteiger partial charge on any atom is 0.419 e. The Morgan fingerprint density at radius 3 is 1.81 bits per heavy atom. The first-order valence-electron chi connectivity index (χ1n) is 4.70. The highest BCUT2D eigenvalue weighted by atomic mass is 19.4. The van der Waals surface area contributed by atoms with Crippen LogP contribution in [-0.2, 0) is 11.6 Å². The Kier molecular flexibility index (Phi) is 2.92. The third kappa shape index (κ3) is 2.46. The fourth-order valence-electron chi connectivity index (χ4n) is 1.40. The Balaban J connectivity index is 3.51. The molecule has 0 unspecified atom stereocenters. The summed E-state index contributed by atoms with van der Waals surface area (Å²) in [4.78, 5) is 0. The van der Waals surface area contributed by atoms with E-state index >= 15 is 0 Å². The van der Waals surface area contributed by atoms with E-state index in [1.54, 1.807) is 20.8 Å². The van der Waals surface area contributed by atoms with Gasteiger partial charge in [0.15, 0.2) is 0 Å². The third-order valence-electron chi connectivity index (χ3n) is 2.21. The molecule has 0 saturated carbocycles. The van der Waals surface area contributed by atoms with Crippen LogP contribution in [0.1, 0.15) is 31.9 Å². The molecule has 0 heterocycles. The smallest absolute Gasteiger partial charge is 0.399 e. The molecule has 0 aliphatic rings. The van der Waals surface area contributed by atoms with E-state index in [9.17, 15) is 17.6 Å². The van der Waals surface area contributed by atoms with Crippen LogP contribution in [0.15, 0.2) is 12.1 Å². The number of anilines is 1. The van der Waals surface area contributed by atoms with Gasteiger partial charge in [0.05, 0.1) is 5.56 Å². The molecule has 5 heteroatoms. The highest BCUT2D eigenvalue weighted by Crippen LogP contribution is 2.37. The molecule has 16 heavy (non-hydrogen) atoms. The summed E-state index contributed by atoms with van der Waals surface area (Å²) in [5, 5.41) is 0. The minimum Gasteiger partial charge on any atom is -0.399 e. The largest absolute Gasteiger partial charge is 0.419 e. The standard InChI is InChI=1S/C11H13F4N/c1-10(2,3)7-4-6(16)5-8(9(7)12)11(13,14)15/h4-5H,16H2,1-3H3. The van der Waals surface area contributed by atoms with Crippen molar-refractivity contribution < 1.29 is 17.6 Å². The van der Waals surface area contributed by atoms with E-state index in [4.69, 9.17) is 5.73 Å². The predicted octanol–water partition coefficient (Wildman–Crippen LogP) is 3.72. The molecule has 0 amide bonds. The second-order valence-corrected chi connectivity index (χ2v) is 4.68. The summed E-state index contributed by atoms with van der Waals surface area (Å²) in [6, 6.07) is 1.86. The number of hydrogen-bond acceptors (Lipinski definition) is 1. The van der Waals surface area contributed by atoms with Gasteiger partial charge in [-0.2, -0.15) is 13.2 Å². The van der Waals surface area contributed by atoms with Crippen molar-refractivity contribution in [2.75, 3.05) is 5.73 Å². The molecule has 1 aromatic carbocycles. The van der Waals surface area contributed by atoms with Crippen LogP contribution in [0.2, 0.25) is 0 Å². The van der Waals surface area contributed by atoms with Crippen LogP contribution < -0.4 is 5.73 Å². The van der Waals surface area contributed by atoms with Crippen LogP contribution in [0, 0.1) is 5.82 Å².